The molecule has 144 valence electrons. The first-order valence-electron chi connectivity index (χ1n) is 9.35. The number of likely N-dealkylation sites (N-methyl/N-ethyl adjacent to an activating group) is 1. The summed E-state index contributed by atoms with van der Waals surface area (Å²) in [5.74, 6) is -0.278. The molecular formula is C21H27FN4O. The first-order valence-corrected chi connectivity index (χ1v) is 9.35. The zero-order chi connectivity index (χ0) is 19.1. The van der Waals surface area contributed by atoms with Crippen LogP contribution >= 0.6 is 0 Å². The van der Waals surface area contributed by atoms with Crippen molar-refractivity contribution in [2.24, 2.45) is 0 Å². The molecule has 1 aliphatic rings. The number of piperazine rings is 1. The van der Waals surface area contributed by atoms with Gasteiger partial charge in [0.05, 0.1) is 6.04 Å². The fraction of sp³-hybridized carbons (Fsp3) is 0.381. The van der Waals surface area contributed by atoms with E-state index in [1.54, 1.807) is 12.1 Å². The highest BCUT2D eigenvalue weighted by molar-refractivity contribution is 5.74. The molecule has 1 saturated heterocycles. The second-order valence-corrected chi connectivity index (χ2v) is 7.02. The minimum atomic E-state index is -0.278. The van der Waals surface area contributed by atoms with Gasteiger partial charge in [0.25, 0.3) is 0 Å². The Labute approximate surface area is 160 Å². The van der Waals surface area contributed by atoms with Crippen LogP contribution in [-0.4, -0.2) is 55.6 Å². The zero-order valence-corrected chi connectivity index (χ0v) is 15.7. The van der Waals surface area contributed by atoms with E-state index in [0.717, 1.165) is 43.9 Å². The van der Waals surface area contributed by atoms with E-state index in [0.29, 0.717) is 6.54 Å². The Morgan fingerprint density at radius 3 is 2.37 bits per heavy atom. The molecule has 1 atom stereocenters. The van der Waals surface area contributed by atoms with Gasteiger partial charge in [-0.25, -0.2) is 9.18 Å². The van der Waals surface area contributed by atoms with E-state index in [-0.39, 0.29) is 17.9 Å². The lowest BCUT2D eigenvalue weighted by Gasteiger charge is -2.35. The van der Waals surface area contributed by atoms with E-state index in [9.17, 15) is 9.18 Å². The normalized spacial score (nSPS) is 16.7. The summed E-state index contributed by atoms with van der Waals surface area (Å²) < 4.78 is 13.0. The van der Waals surface area contributed by atoms with Crippen molar-refractivity contribution in [2.75, 3.05) is 39.8 Å². The Kier molecular flexibility index (Phi) is 6.79. The summed E-state index contributed by atoms with van der Waals surface area (Å²) in [5.41, 5.74) is 1.95. The third-order valence-electron chi connectivity index (χ3n) is 4.91. The minimum Gasteiger partial charge on any atom is -0.334 e. The van der Waals surface area contributed by atoms with Gasteiger partial charge >= 0.3 is 6.03 Å². The number of urea groups is 1. The molecule has 3 rings (SSSR count). The first kappa shape index (κ1) is 19.3. The van der Waals surface area contributed by atoms with Gasteiger partial charge in [-0.05, 0) is 30.3 Å². The maximum atomic E-state index is 13.0. The highest BCUT2D eigenvalue weighted by Gasteiger charge is 2.21. The van der Waals surface area contributed by atoms with Crippen molar-refractivity contribution < 1.29 is 9.18 Å². The van der Waals surface area contributed by atoms with Gasteiger partial charge in [0.1, 0.15) is 5.82 Å². The molecule has 1 unspecified atom stereocenters. The van der Waals surface area contributed by atoms with Gasteiger partial charge in [-0.2, -0.15) is 0 Å². The van der Waals surface area contributed by atoms with Crippen molar-refractivity contribution in [1.29, 1.82) is 0 Å². The smallest absolute Gasteiger partial charge is 0.315 e. The number of rotatable bonds is 6. The Hall–Kier alpha value is -2.44. The van der Waals surface area contributed by atoms with E-state index >= 15 is 0 Å². The van der Waals surface area contributed by atoms with Crippen molar-refractivity contribution in [3.63, 3.8) is 0 Å². The summed E-state index contributed by atoms with van der Waals surface area (Å²) in [5, 5.41) is 5.96. The molecule has 1 heterocycles. The average Bonchev–Trinajstić information content (AvgIpc) is 2.69. The Bertz CT molecular complexity index is 715. The Morgan fingerprint density at radius 2 is 1.70 bits per heavy atom. The lowest BCUT2D eigenvalue weighted by molar-refractivity contribution is 0.142. The van der Waals surface area contributed by atoms with E-state index < -0.39 is 0 Å². The lowest BCUT2D eigenvalue weighted by Crippen LogP contribution is -2.48. The average molecular weight is 370 g/mol. The second-order valence-electron chi connectivity index (χ2n) is 7.02. The third-order valence-corrected chi connectivity index (χ3v) is 4.91. The van der Waals surface area contributed by atoms with Crippen LogP contribution in [0.2, 0.25) is 0 Å². The SMILES string of the molecule is CN1CCN(CC(NC(=O)NCc2ccc(F)cc2)c2ccccc2)CC1. The molecule has 0 aromatic heterocycles. The summed E-state index contributed by atoms with van der Waals surface area (Å²) in [6, 6.07) is 15.9. The topological polar surface area (TPSA) is 47.6 Å². The van der Waals surface area contributed by atoms with Gasteiger partial charge in [0.15, 0.2) is 0 Å². The number of hydrogen-bond donors (Lipinski definition) is 2. The molecule has 6 heteroatoms. The van der Waals surface area contributed by atoms with Crippen molar-refractivity contribution in [3.05, 3.63) is 71.5 Å². The maximum absolute atomic E-state index is 13.0. The number of halogens is 1. The minimum absolute atomic E-state index is 0.0807. The number of amides is 2. The van der Waals surface area contributed by atoms with Crippen molar-refractivity contribution in [2.45, 2.75) is 12.6 Å². The summed E-state index contributed by atoms with van der Waals surface area (Å²) in [6.45, 7) is 5.22. The summed E-state index contributed by atoms with van der Waals surface area (Å²) in [6.07, 6.45) is 0. The predicted molar refractivity (Wildman–Crippen MR) is 105 cm³/mol. The number of nitrogens with one attached hydrogen (secondary N) is 2. The number of nitrogens with zero attached hydrogens (tertiary/aromatic N) is 2. The van der Waals surface area contributed by atoms with Crippen molar-refractivity contribution in [1.82, 2.24) is 20.4 Å². The molecule has 5 nitrogen and oxygen atoms in total. The lowest BCUT2D eigenvalue weighted by atomic mass is 10.1. The predicted octanol–water partition coefficient (Wildman–Crippen LogP) is 2.61. The van der Waals surface area contributed by atoms with E-state index in [2.05, 4.69) is 27.5 Å². The van der Waals surface area contributed by atoms with Crippen LogP contribution in [0.1, 0.15) is 17.2 Å². The molecule has 2 amide bonds. The highest BCUT2D eigenvalue weighted by Crippen LogP contribution is 2.15. The summed E-state index contributed by atoms with van der Waals surface area (Å²) in [7, 11) is 2.13. The van der Waals surface area contributed by atoms with Gasteiger partial charge < -0.3 is 15.5 Å². The fourth-order valence-corrected chi connectivity index (χ4v) is 3.20. The Morgan fingerprint density at radius 1 is 1.04 bits per heavy atom. The molecule has 0 spiro atoms. The van der Waals surface area contributed by atoms with Crippen LogP contribution in [0.25, 0.3) is 0 Å². The molecule has 0 radical (unpaired) electrons. The largest absolute Gasteiger partial charge is 0.334 e. The number of hydrogen-bond acceptors (Lipinski definition) is 3. The van der Waals surface area contributed by atoms with Gasteiger partial charge in [0, 0.05) is 39.3 Å². The number of carbonyl (C=O) groups is 1. The van der Waals surface area contributed by atoms with Crippen LogP contribution in [-0.2, 0) is 6.54 Å². The van der Waals surface area contributed by atoms with Crippen LogP contribution in [0.15, 0.2) is 54.6 Å². The van der Waals surface area contributed by atoms with Gasteiger partial charge in [0.2, 0.25) is 0 Å². The van der Waals surface area contributed by atoms with Crippen LogP contribution in [0.5, 0.6) is 0 Å². The highest BCUT2D eigenvalue weighted by atomic mass is 19.1. The first-order chi connectivity index (χ1) is 13.1. The van der Waals surface area contributed by atoms with Crippen LogP contribution in [0.4, 0.5) is 9.18 Å². The summed E-state index contributed by atoms with van der Waals surface area (Å²) in [4.78, 5) is 17.1. The molecule has 0 aliphatic carbocycles. The van der Waals surface area contributed by atoms with E-state index in [1.165, 1.54) is 12.1 Å². The molecule has 1 fully saturated rings. The third kappa shape index (κ3) is 6.05. The molecule has 2 aromatic rings. The van der Waals surface area contributed by atoms with Gasteiger partial charge in [-0.1, -0.05) is 42.5 Å². The zero-order valence-electron chi connectivity index (χ0n) is 15.7. The number of benzene rings is 2. The van der Waals surface area contributed by atoms with E-state index in [4.69, 9.17) is 0 Å². The molecule has 1 aliphatic heterocycles. The molecule has 0 bridgehead atoms. The molecular weight excluding hydrogens is 343 g/mol. The van der Waals surface area contributed by atoms with E-state index in [1.807, 2.05) is 30.3 Å². The van der Waals surface area contributed by atoms with Crippen LogP contribution in [0.3, 0.4) is 0 Å². The molecule has 2 N–H and O–H groups in total. The fourth-order valence-electron chi connectivity index (χ4n) is 3.20. The van der Waals surface area contributed by atoms with Crippen LogP contribution in [0, 0.1) is 5.82 Å². The Balaban J connectivity index is 1.58. The van der Waals surface area contributed by atoms with Gasteiger partial charge in [-0.15, -0.1) is 0 Å². The van der Waals surface area contributed by atoms with Gasteiger partial charge in [-0.3, -0.25) is 4.90 Å². The van der Waals surface area contributed by atoms with Crippen molar-refractivity contribution in [3.8, 4) is 0 Å². The van der Waals surface area contributed by atoms with Crippen LogP contribution < -0.4 is 10.6 Å². The second kappa shape index (κ2) is 9.48. The quantitative estimate of drug-likeness (QED) is 0.822. The monoisotopic (exact) mass is 370 g/mol. The maximum Gasteiger partial charge on any atom is 0.315 e. The number of carbonyl (C=O) groups excluding carboxylic acids is 1. The molecule has 2 aromatic carbocycles. The molecule has 0 saturated carbocycles. The molecule has 27 heavy (non-hydrogen) atoms. The standard InChI is InChI=1S/C21H27FN4O/c1-25-11-13-26(14-12-25)16-20(18-5-3-2-4-6-18)24-21(27)23-15-17-7-9-19(22)10-8-17/h2-10,20H,11-16H2,1H3,(H2,23,24,27). The summed E-state index contributed by atoms with van der Waals surface area (Å²) >= 11 is 0. The van der Waals surface area contributed by atoms with Crippen molar-refractivity contribution >= 4 is 6.03 Å².